The van der Waals surface area contributed by atoms with Crippen LogP contribution in [0.4, 0.5) is 0 Å². The number of hydrogen-bond donors (Lipinski definition) is 1. The lowest BCUT2D eigenvalue weighted by molar-refractivity contribution is -0.137. The first kappa shape index (κ1) is 15.5. The van der Waals surface area contributed by atoms with Crippen molar-refractivity contribution in [2.24, 2.45) is 5.16 Å². The van der Waals surface area contributed by atoms with Crippen molar-refractivity contribution in [1.82, 2.24) is 0 Å². The number of halogens is 1. The van der Waals surface area contributed by atoms with Gasteiger partial charge in [-0.3, -0.25) is 0 Å². The Labute approximate surface area is 118 Å². The van der Waals surface area contributed by atoms with Gasteiger partial charge in [-0.25, -0.2) is 4.79 Å². The Balaban J connectivity index is 2.34. The Bertz CT molecular complexity index is 406. The second-order valence-electron chi connectivity index (χ2n) is 4.11. The average molecular weight is 284 g/mol. The summed E-state index contributed by atoms with van der Waals surface area (Å²) in [5.41, 5.74) is 0.959. The summed E-state index contributed by atoms with van der Waals surface area (Å²) in [5, 5.41) is 11.8. The number of oxime groups is 1. The van der Waals surface area contributed by atoms with Gasteiger partial charge in [-0.2, -0.15) is 0 Å². The number of benzene rings is 1. The zero-order valence-corrected chi connectivity index (χ0v) is 11.5. The molecule has 0 aromatic heterocycles. The third-order valence-corrected chi connectivity index (χ3v) is 2.88. The summed E-state index contributed by atoms with van der Waals surface area (Å²) in [5.74, 6) is 0.0292. The molecule has 19 heavy (non-hydrogen) atoms. The Kier molecular flexibility index (Phi) is 7.66. The first-order chi connectivity index (χ1) is 9.27. The number of carbonyl (C=O) groups excluding carboxylic acids is 1. The van der Waals surface area contributed by atoms with Crippen LogP contribution >= 0.6 is 11.6 Å². The first-order valence-corrected chi connectivity index (χ1v) is 6.79. The highest BCUT2D eigenvalue weighted by Gasteiger charge is 2.13. The van der Waals surface area contributed by atoms with Crippen molar-refractivity contribution in [3.05, 3.63) is 35.9 Å². The van der Waals surface area contributed by atoms with Gasteiger partial charge < -0.3 is 9.94 Å². The minimum Gasteiger partial charge on any atom is -0.456 e. The van der Waals surface area contributed by atoms with Crippen molar-refractivity contribution < 1.29 is 14.7 Å². The van der Waals surface area contributed by atoms with Gasteiger partial charge in [-0.15, -0.1) is 11.6 Å². The summed E-state index contributed by atoms with van der Waals surface area (Å²) in [6.07, 6.45) is 2.95. The number of hydrogen-bond acceptors (Lipinski definition) is 4. The van der Waals surface area contributed by atoms with Crippen molar-refractivity contribution in [2.75, 3.05) is 5.88 Å². The molecule has 4 nitrogen and oxygen atoms in total. The predicted octanol–water partition coefficient (Wildman–Crippen LogP) is 3.36. The largest absolute Gasteiger partial charge is 0.456 e. The zero-order valence-electron chi connectivity index (χ0n) is 10.7. The van der Waals surface area contributed by atoms with E-state index in [4.69, 9.17) is 21.5 Å². The van der Waals surface area contributed by atoms with Gasteiger partial charge in [-0.05, 0) is 18.4 Å². The molecule has 0 heterocycles. The van der Waals surface area contributed by atoms with E-state index in [1.165, 1.54) is 0 Å². The smallest absolute Gasteiger partial charge is 0.356 e. The van der Waals surface area contributed by atoms with Crippen molar-refractivity contribution in [3.63, 3.8) is 0 Å². The Morgan fingerprint density at radius 1 is 1.21 bits per heavy atom. The number of unbranched alkanes of at least 4 members (excludes halogenated alkanes) is 2. The minimum absolute atomic E-state index is 0.0607. The van der Waals surface area contributed by atoms with E-state index in [1.54, 1.807) is 0 Å². The molecule has 0 fully saturated rings. The van der Waals surface area contributed by atoms with Gasteiger partial charge in [-0.1, -0.05) is 41.9 Å². The van der Waals surface area contributed by atoms with Gasteiger partial charge in [0, 0.05) is 12.3 Å². The third kappa shape index (κ3) is 6.25. The zero-order chi connectivity index (χ0) is 13.9. The van der Waals surface area contributed by atoms with Crippen LogP contribution in [-0.4, -0.2) is 22.8 Å². The van der Waals surface area contributed by atoms with Gasteiger partial charge in [0.25, 0.3) is 0 Å². The molecule has 0 radical (unpaired) electrons. The molecule has 0 saturated carbocycles. The normalized spacial score (nSPS) is 11.3. The Hall–Kier alpha value is -1.55. The average Bonchev–Trinajstić information content (AvgIpc) is 2.46. The lowest BCUT2D eigenvalue weighted by atomic mass is 10.1. The lowest BCUT2D eigenvalue weighted by Crippen LogP contribution is -2.17. The van der Waals surface area contributed by atoms with E-state index in [1.807, 2.05) is 30.3 Å². The molecule has 1 N–H and O–H groups in total. The summed E-state index contributed by atoms with van der Waals surface area (Å²) in [4.78, 5) is 11.7. The number of carbonyl (C=O) groups is 1. The summed E-state index contributed by atoms with van der Waals surface area (Å²) < 4.78 is 5.08. The second kappa shape index (κ2) is 9.39. The summed E-state index contributed by atoms with van der Waals surface area (Å²) >= 11 is 5.56. The second-order valence-corrected chi connectivity index (χ2v) is 4.49. The van der Waals surface area contributed by atoms with Crippen LogP contribution in [0.25, 0.3) is 0 Å². The molecule has 0 saturated heterocycles. The predicted molar refractivity (Wildman–Crippen MR) is 74.6 cm³/mol. The van der Waals surface area contributed by atoms with Crippen LogP contribution in [0.5, 0.6) is 0 Å². The van der Waals surface area contributed by atoms with Crippen LogP contribution in [0.2, 0.25) is 0 Å². The van der Waals surface area contributed by atoms with Crippen LogP contribution in [0.15, 0.2) is 35.5 Å². The van der Waals surface area contributed by atoms with Gasteiger partial charge in [0.1, 0.15) is 6.61 Å². The van der Waals surface area contributed by atoms with Gasteiger partial charge in [0.2, 0.25) is 0 Å². The Morgan fingerprint density at radius 3 is 2.58 bits per heavy atom. The van der Waals surface area contributed by atoms with Crippen LogP contribution in [0, 0.1) is 0 Å². The summed E-state index contributed by atoms with van der Waals surface area (Å²) in [6, 6.07) is 9.36. The van der Waals surface area contributed by atoms with Gasteiger partial charge >= 0.3 is 5.97 Å². The monoisotopic (exact) mass is 283 g/mol. The molecular weight excluding hydrogens is 266 g/mol. The van der Waals surface area contributed by atoms with Crippen molar-refractivity contribution >= 4 is 23.3 Å². The third-order valence-electron chi connectivity index (χ3n) is 2.62. The van der Waals surface area contributed by atoms with Crippen molar-refractivity contribution in [1.29, 1.82) is 0 Å². The summed E-state index contributed by atoms with van der Waals surface area (Å²) in [6.45, 7) is 0.181. The van der Waals surface area contributed by atoms with E-state index in [9.17, 15) is 4.79 Å². The molecular formula is C14H18ClNO3. The topological polar surface area (TPSA) is 58.9 Å². The molecule has 0 atom stereocenters. The maximum atomic E-state index is 11.7. The van der Waals surface area contributed by atoms with E-state index in [-0.39, 0.29) is 12.3 Å². The molecule has 1 aromatic carbocycles. The maximum Gasteiger partial charge on any atom is 0.356 e. The molecule has 0 spiro atoms. The highest BCUT2D eigenvalue weighted by molar-refractivity contribution is 6.36. The van der Waals surface area contributed by atoms with E-state index in [0.29, 0.717) is 12.3 Å². The molecule has 0 amide bonds. The maximum absolute atomic E-state index is 11.7. The number of nitrogens with zero attached hydrogens (tertiary/aromatic N) is 1. The van der Waals surface area contributed by atoms with Crippen LogP contribution in [0.1, 0.15) is 31.2 Å². The molecule has 1 rings (SSSR count). The molecule has 0 aliphatic carbocycles. The quantitative estimate of drug-likeness (QED) is 0.199. The van der Waals surface area contributed by atoms with Crippen LogP contribution < -0.4 is 0 Å². The molecule has 0 aliphatic rings. The minimum atomic E-state index is -0.572. The molecule has 0 bridgehead atoms. The summed E-state index contributed by atoms with van der Waals surface area (Å²) in [7, 11) is 0. The fourth-order valence-electron chi connectivity index (χ4n) is 1.56. The lowest BCUT2D eigenvalue weighted by Gasteiger charge is -2.06. The van der Waals surface area contributed by atoms with Crippen molar-refractivity contribution in [3.8, 4) is 0 Å². The van der Waals surface area contributed by atoms with Crippen LogP contribution in [0.3, 0.4) is 0 Å². The molecule has 0 unspecified atom stereocenters. The fourth-order valence-corrected chi connectivity index (χ4v) is 1.75. The van der Waals surface area contributed by atoms with E-state index < -0.39 is 5.97 Å². The van der Waals surface area contributed by atoms with E-state index in [0.717, 1.165) is 24.8 Å². The van der Waals surface area contributed by atoms with Crippen molar-refractivity contribution in [2.45, 2.75) is 32.3 Å². The van der Waals surface area contributed by atoms with Gasteiger partial charge in [0.15, 0.2) is 5.71 Å². The molecule has 0 aliphatic heterocycles. The molecule has 1 aromatic rings. The number of alkyl halides is 1. The highest BCUT2D eigenvalue weighted by Crippen LogP contribution is 2.06. The number of ether oxygens (including phenoxy) is 1. The number of esters is 1. The molecule has 104 valence electrons. The Morgan fingerprint density at radius 2 is 1.95 bits per heavy atom. The first-order valence-electron chi connectivity index (χ1n) is 6.26. The standard InChI is InChI=1S/C14H18ClNO3/c15-10-6-2-5-9-13(16-18)14(17)19-11-12-7-3-1-4-8-12/h1,3-4,7-8,18H,2,5-6,9-11H2/b16-13+. The van der Waals surface area contributed by atoms with E-state index in [2.05, 4.69) is 5.16 Å². The number of rotatable bonds is 8. The van der Waals surface area contributed by atoms with Gasteiger partial charge in [0.05, 0.1) is 0 Å². The molecule has 5 heteroatoms. The SMILES string of the molecule is O=C(OCc1ccccc1)/C(CCCCCCl)=N/O. The highest BCUT2D eigenvalue weighted by atomic mass is 35.5. The fraction of sp³-hybridized carbons (Fsp3) is 0.429. The van der Waals surface area contributed by atoms with E-state index >= 15 is 0 Å². The van der Waals surface area contributed by atoms with Crippen LogP contribution in [-0.2, 0) is 16.1 Å².